The molecule has 4 heteroatoms. The van der Waals surface area contributed by atoms with Gasteiger partial charge < -0.3 is 19.7 Å². The van der Waals surface area contributed by atoms with E-state index in [1.807, 2.05) is 18.2 Å². The van der Waals surface area contributed by atoms with Crippen molar-refractivity contribution >= 4 is 5.69 Å². The predicted molar refractivity (Wildman–Crippen MR) is 78.3 cm³/mol. The van der Waals surface area contributed by atoms with E-state index in [2.05, 4.69) is 17.3 Å². The number of hydrogen-bond donors (Lipinski definition) is 1. The second-order valence-corrected chi connectivity index (χ2v) is 5.18. The number of hydrogen-bond acceptors (Lipinski definition) is 4. The highest BCUT2D eigenvalue weighted by Gasteiger charge is 2.15. The molecule has 1 unspecified atom stereocenters. The zero-order valence-electron chi connectivity index (χ0n) is 12.1. The van der Waals surface area contributed by atoms with E-state index in [1.54, 1.807) is 14.2 Å². The number of nitrogens with one attached hydrogen (secondary N) is 1. The van der Waals surface area contributed by atoms with E-state index < -0.39 is 0 Å². The summed E-state index contributed by atoms with van der Waals surface area (Å²) in [6, 6.07) is 6.47. The van der Waals surface area contributed by atoms with Gasteiger partial charge in [-0.3, -0.25) is 0 Å². The lowest BCUT2D eigenvalue weighted by molar-refractivity contribution is 0.348. The third kappa shape index (κ3) is 4.03. The van der Waals surface area contributed by atoms with Crippen LogP contribution in [0.25, 0.3) is 0 Å². The molecule has 1 fully saturated rings. The van der Waals surface area contributed by atoms with Crippen molar-refractivity contribution in [2.24, 2.45) is 0 Å². The Kier molecular flexibility index (Phi) is 4.91. The van der Waals surface area contributed by atoms with Crippen LogP contribution in [0.5, 0.6) is 11.5 Å². The summed E-state index contributed by atoms with van der Waals surface area (Å²) in [5.74, 6) is 1.65. The maximum Gasteiger partial charge on any atom is 0.124 e. The van der Waals surface area contributed by atoms with Crippen molar-refractivity contribution in [2.75, 3.05) is 39.7 Å². The number of methoxy groups -OCH3 is 2. The van der Waals surface area contributed by atoms with Crippen molar-refractivity contribution in [3.63, 3.8) is 0 Å². The molecule has 0 amide bonds. The summed E-state index contributed by atoms with van der Waals surface area (Å²) in [6.07, 6.45) is 3.63. The third-order valence-corrected chi connectivity index (χ3v) is 3.67. The normalized spacial score (nSPS) is 20.7. The second-order valence-electron chi connectivity index (χ2n) is 5.18. The quantitative estimate of drug-likeness (QED) is 0.906. The Labute approximate surface area is 115 Å². The molecule has 2 rings (SSSR count). The van der Waals surface area contributed by atoms with E-state index in [4.69, 9.17) is 9.47 Å². The minimum atomic E-state index is 0.529. The predicted octanol–water partition coefficient (Wildman–Crippen LogP) is 2.60. The summed E-state index contributed by atoms with van der Waals surface area (Å²) < 4.78 is 10.6. The van der Waals surface area contributed by atoms with Gasteiger partial charge in [-0.1, -0.05) is 0 Å². The van der Waals surface area contributed by atoms with Gasteiger partial charge in [-0.2, -0.15) is 0 Å². The largest absolute Gasteiger partial charge is 0.497 e. The molecule has 0 radical (unpaired) electrons. The molecule has 4 nitrogen and oxygen atoms in total. The van der Waals surface area contributed by atoms with Crippen LogP contribution >= 0.6 is 0 Å². The molecular formula is C15H24N2O2. The molecule has 1 aromatic rings. The fourth-order valence-electron chi connectivity index (χ4n) is 2.51. The van der Waals surface area contributed by atoms with Gasteiger partial charge in [-0.05, 0) is 39.4 Å². The summed E-state index contributed by atoms with van der Waals surface area (Å²) in [6.45, 7) is 2.35. The average molecular weight is 264 g/mol. The van der Waals surface area contributed by atoms with Crippen LogP contribution < -0.4 is 14.8 Å². The molecule has 0 spiro atoms. The molecule has 0 aromatic heterocycles. The van der Waals surface area contributed by atoms with Crippen molar-refractivity contribution in [3.05, 3.63) is 18.2 Å². The van der Waals surface area contributed by atoms with Crippen LogP contribution in [0.4, 0.5) is 5.69 Å². The number of rotatable bonds is 4. The van der Waals surface area contributed by atoms with Gasteiger partial charge in [0, 0.05) is 29.9 Å². The van der Waals surface area contributed by atoms with Crippen LogP contribution in [0.2, 0.25) is 0 Å². The van der Waals surface area contributed by atoms with Gasteiger partial charge in [0.05, 0.1) is 14.2 Å². The summed E-state index contributed by atoms with van der Waals surface area (Å²) in [7, 11) is 5.55. The number of nitrogens with zero attached hydrogens (tertiary/aromatic N) is 1. The molecular weight excluding hydrogens is 240 g/mol. The van der Waals surface area contributed by atoms with Crippen molar-refractivity contribution in [1.29, 1.82) is 0 Å². The molecule has 0 saturated carbocycles. The Balaban J connectivity index is 2.05. The minimum Gasteiger partial charge on any atom is -0.497 e. The second kappa shape index (κ2) is 6.66. The van der Waals surface area contributed by atoms with Gasteiger partial charge in [-0.25, -0.2) is 0 Å². The van der Waals surface area contributed by atoms with E-state index in [1.165, 1.54) is 25.8 Å². The lowest BCUT2D eigenvalue weighted by Crippen LogP contribution is -2.23. The summed E-state index contributed by atoms with van der Waals surface area (Å²) in [5, 5.41) is 3.60. The number of ether oxygens (including phenoxy) is 2. The van der Waals surface area contributed by atoms with Gasteiger partial charge in [0.2, 0.25) is 0 Å². The monoisotopic (exact) mass is 264 g/mol. The lowest BCUT2D eigenvalue weighted by Gasteiger charge is -2.19. The number of benzene rings is 1. The van der Waals surface area contributed by atoms with Crippen molar-refractivity contribution in [1.82, 2.24) is 4.90 Å². The zero-order valence-corrected chi connectivity index (χ0v) is 12.1. The topological polar surface area (TPSA) is 33.7 Å². The molecule has 1 N–H and O–H groups in total. The number of anilines is 1. The molecule has 0 bridgehead atoms. The third-order valence-electron chi connectivity index (χ3n) is 3.67. The van der Waals surface area contributed by atoms with E-state index >= 15 is 0 Å². The summed E-state index contributed by atoms with van der Waals surface area (Å²) in [5.41, 5.74) is 1.07. The fraction of sp³-hybridized carbons (Fsp3) is 0.600. The molecule has 1 aromatic carbocycles. The van der Waals surface area contributed by atoms with Gasteiger partial charge in [0.25, 0.3) is 0 Å². The fourth-order valence-corrected chi connectivity index (χ4v) is 2.51. The maximum atomic E-state index is 5.30. The lowest BCUT2D eigenvalue weighted by atomic mass is 10.1. The molecule has 1 aliphatic heterocycles. The van der Waals surface area contributed by atoms with Crippen LogP contribution in [0, 0.1) is 0 Å². The average Bonchev–Trinajstić information content (AvgIpc) is 2.63. The van der Waals surface area contributed by atoms with Crippen LogP contribution in [-0.4, -0.2) is 45.3 Å². The van der Waals surface area contributed by atoms with Crippen LogP contribution in [0.3, 0.4) is 0 Å². The van der Waals surface area contributed by atoms with Gasteiger partial charge >= 0.3 is 0 Å². The Morgan fingerprint density at radius 1 is 1.05 bits per heavy atom. The van der Waals surface area contributed by atoms with E-state index in [0.29, 0.717) is 6.04 Å². The smallest absolute Gasteiger partial charge is 0.124 e. The molecule has 1 atom stereocenters. The molecule has 0 aliphatic carbocycles. The standard InChI is InChI=1S/C15H24N2O2/c1-17-7-4-5-12(6-8-17)16-13-9-14(18-2)11-15(10-13)19-3/h9-12,16H,4-8H2,1-3H3. The van der Waals surface area contributed by atoms with Crippen molar-refractivity contribution in [3.8, 4) is 11.5 Å². The van der Waals surface area contributed by atoms with E-state index in [0.717, 1.165) is 23.7 Å². The first-order chi connectivity index (χ1) is 9.21. The summed E-state index contributed by atoms with van der Waals surface area (Å²) in [4.78, 5) is 2.40. The zero-order chi connectivity index (χ0) is 13.7. The highest BCUT2D eigenvalue weighted by atomic mass is 16.5. The van der Waals surface area contributed by atoms with Crippen LogP contribution in [-0.2, 0) is 0 Å². The van der Waals surface area contributed by atoms with Gasteiger partial charge in [-0.15, -0.1) is 0 Å². The van der Waals surface area contributed by atoms with Crippen molar-refractivity contribution < 1.29 is 9.47 Å². The Morgan fingerprint density at radius 3 is 2.37 bits per heavy atom. The van der Waals surface area contributed by atoms with E-state index in [9.17, 15) is 0 Å². The molecule has 106 valence electrons. The first-order valence-electron chi connectivity index (χ1n) is 6.89. The highest BCUT2D eigenvalue weighted by molar-refractivity contribution is 5.54. The molecule has 1 heterocycles. The van der Waals surface area contributed by atoms with Crippen molar-refractivity contribution in [2.45, 2.75) is 25.3 Å². The first-order valence-corrected chi connectivity index (χ1v) is 6.89. The Morgan fingerprint density at radius 2 is 1.74 bits per heavy atom. The molecule has 1 saturated heterocycles. The summed E-state index contributed by atoms with van der Waals surface area (Å²) >= 11 is 0. The first kappa shape index (κ1) is 14.0. The molecule has 1 aliphatic rings. The SMILES string of the molecule is COc1cc(NC2CCCN(C)CC2)cc(OC)c1. The van der Waals surface area contributed by atoms with Crippen LogP contribution in [0.1, 0.15) is 19.3 Å². The minimum absolute atomic E-state index is 0.529. The van der Waals surface area contributed by atoms with Gasteiger partial charge in [0.1, 0.15) is 11.5 Å². The van der Waals surface area contributed by atoms with Gasteiger partial charge in [0.15, 0.2) is 0 Å². The molecule has 19 heavy (non-hydrogen) atoms. The maximum absolute atomic E-state index is 5.30. The Hall–Kier alpha value is -1.42. The van der Waals surface area contributed by atoms with Crippen LogP contribution in [0.15, 0.2) is 18.2 Å². The Bertz CT molecular complexity index is 387. The van der Waals surface area contributed by atoms with E-state index in [-0.39, 0.29) is 0 Å². The highest BCUT2D eigenvalue weighted by Crippen LogP contribution is 2.27. The number of likely N-dealkylation sites (tertiary alicyclic amines) is 1.